The van der Waals surface area contributed by atoms with Gasteiger partial charge in [0.25, 0.3) is 0 Å². The van der Waals surface area contributed by atoms with Gasteiger partial charge in [0.1, 0.15) is 11.0 Å². The number of sulfone groups is 1. The van der Waals surface area contributed by atoms with Crippen LogP contribution in [0.25, 0.3) is 0 Å². The summed E-state index contributed by atoms with van der Waals surface area (Å²) in [6.45, 7) is 0.363. The van der Waals surface area contributed by atoms with E-state index in [9.17, 15) is 13.2 Å². The van der Waals surface area contributed by atoms with Crippen molar-refractivity contribution in [1.29, 1.82) is 0 Å². The SMILES string of the molecule is COc1cc(CN)ccc1NC(=O)C1CCCCS1(=O)=O. The van der Waals surface area contributed by atoms with Gasteiger partial charge in [-0.2, -0.15) is 0 Å². The van der Waals surface area contributed by atoms with Gasteiger partial charge in [0.05, 0.1) is 18.6 Å². The highest BCUT2D eigenvalue weighted by Gasteiger charge is 2.35. The lowest BCUT2D eigenvalue weighted by atomic mass is 10.1. The molecule has 3 N–H and O–H groups in total. The van der Waals surface area contributed by atoms with Crippen LogP contribution in [0.4, 0.5) is 5.69 Å². The van der Waals surface area contributed by atoms with Crippen molar-refractivity contribution >= 4 is 21.4 Å². The second-order valence-corrected chi connectivity index (χ2v) is 7.38. The summed E-state index contributed by atoms with van der Waals surface area (Å²) in [6, 6.07) is 5.17. The second-order valence-electron chi connectivity index (χ2n) is 5.08. The number of nitrogens with one attached hydrogen (secondary N) is 1. The Morgan fingerprint density at radius 3 is 2.81 bits per heavy atom. The fourth-order valence-corrected chi connectivity index (χ4v) is 4.23. The Bertz CT molecular complexity index is 628. The Morgan fingerprint density at radius 1 is 1.43 bits per heavy atom. The third kappa shape index (κ3) is 3.54. The van der Waals surface area contributed by atoms with E-state index in [0.717, 1.165) is 12.0 Å². The molecule has 1 heterocycles. The number of ether oxygens (including phenoxy) is 1. The molecule has 1 aliphatic rings. The zero-order valence-electron chi connectivity index (χ0n) is 12.0. The third-order valence-electron chi connectivity index (χ3n) is 3.63. The number of nitrogens with two attached hydrogens (primary N) is 1. The zero-order chi connectivity index (χ0) is 15.5. The Balaban J connectivity index is 2.19. The Hall–Kier alpha value is -1.60. The van der Waals surface area contributed by atoms with Gasteiger partial charge in [-0.25, -0.2) is 8.42 Å². The first-order chi connectivity index (χ1) is 9.97. The van der Waals surface area contributed by atoms with Crippen molar-refractivity contribution < 1.29 is 17.9 Å². The summed E-state index contributed by atoms with van der Waals surface area (Å²) >= 11 is 0. The van der Waals surface area contributed by atoms with E-state index < -0.39 is 21.0 Å². The van der Waals surface area contributed by atoms with Crippen LogP contribution in [0.3, 0.4) is 0 Å². The van der Waals surface area contributed by atoms with Gasteiger partial charge in [-0.3, -0.25) is 4.79 Å². The van der Waals surface area contributed by atoms with E-state index in [-0.39, 0.29) is 5.75 Å². The molecular weight excluding hydrogens is 292 g/mol. The smallest absolute Gasteiger partial charge is 0.242 e. The molecule has 21 heavy (non-hydrogen) atoms. The number of methoxy groups -OCH3 is 1. The Morgan fingerprint density at radius 2 is 2.19 bits per heavy atom. The van der Waals surface area contributed by atoms with Crippen molar-refractivity contribution in [3.05, 3.63) is 23.8 Å². The van der Waals surface area contributed by atoms with Crippen molar-refractivity contribution in [1.82, 2.24) is 0 Å². The average molecular weight is 312 g/mol. The van der Waals surface area contributed by atoms with Crippen molar-refractivity contribution in [2.75, 3.05) is 18.2 Å². The van der Waals surface area contributed by atoms with Gasteiger partial charge in [0.15, 0.2) is 9.84 Å². The molecule has 0 aliphatic carbocycles. The lowest BCUT2D eigenvalue weighted by Gasteiger charge is -2.22. The van der Waals surface area contributed by atoms with Crippen LogP contribution in [0.5, 0.6) is 5.75 Å². The van der Waals surface area contributed by atoms with Crippen LogP contribution in [-0.4, -0.2) is 32.4 Å². The van der Waals surface area contributed by atoms with E-state index in [2.05, 4.69) is 5.32 Å². The Kier molecular flexibility index (Phi) is 4.84. The van der Waals surface area contributed by atoms with Crippen LogP contribution in [-0.2, 0) is 21.2 Å². The standard InChI is InChI=1S/C14H20N2O4S/c1-20-12-8-10(9-15)5-6-11(12)16-14(17)13-4-2-3-7-21(13,18)19/h5-6,8,13H,2-4,7,9,15H2,1H3,(H,16,17). The predicted molar refractivity (Wildman–Crippen MR) is 80.9 cm³/mol. The molecule has 1 unspecified atom stereocenters. The highest BCUT2D eigenvalue weighted by Crippen LogP contribution is 2.27. The summed E-state index contributed by atoms with van der Waals surface area (Å²) in [5, 5.41) is 1.69. The number of carbonyl (C=O) groups excluding carboxylic acids is 1. The van der Waals surface area contributed by atoms with Crippen molar-refractivity contribution in [3.8, 4) is 5.75 Å². The van der Waals surface area contributed by atoms with Crippen LogP contribution in [0.1, 0.15) is 24.8 Å². The van der Waals surface area contributed by atoms with Gasteiger partial charge in [0, 0.05) is 6.54 Å². The van der Waals surface area contributed by atoms with Gasteiger partial charge in [0.2, 0.25) is 5.91 Å². The third-order valence-corrected chi connectivity index (χ3v) is 5.81. The molecule has 116 valence electrons. The van der Waals surface area contributed by atoms with E-state index in [4.69, 9.17) is 10.5 Å². The molecule has 1 aromatic rings. The topological polar surface area (TPSA) is 98.5 Å². The maximum Gasteiger partial charge on any atom is 0.242 e. The summed E-state index contributed by atoms with van der Waals surface area (Å²) in [5.41, 5.74) is 6.88. The first kappa shape index (κ1) is 15.8. The number of hydrogen-bond acceptors (Lipinski definition) is 5. The van der Waals surface area contributed by atoms with Gasteiger partial charge >= 0.3 is 0 Å². The summed E-state index contributed by atoms with van der Waals surface area (Å²) < 4.78 is 29.1. The summed E-state index contributed by atoms with van der Waals surface area (Å²) in [6.07, 6.45) is 1.75. The van der Waals surface area contributed by atoms with Crippen LogP contribution >= 0.6 is 0 Å². The highest BCUT2D eigenvalue weighted by molar-refractivity contribution is 7.92. The van der Waals surface area contributed by atoms with E-state index in [1.54, 1.807) is 18.2 Å². The molecular formula is C14H20N2O4S. The molecule has 0 spiro atoms. The maximum absolute atomic E-state index is 12.2. The molecule has 6 nitrogen and oxygen atoms in total. The molecule has 1 saturated heterocycles. The number of anilines is 1. The molecule has 0 saturated carbocycles. The lowest BCUT2D eigenvalue weighted by Crippen LogP contribution is -2.39. The van der Waals surface area contributed by atoms with Gasteiger partial charge in [-0.1, -0.05) is 12.5 Å². The van der Waals surface area contributed by atoms with E-state index >= 15 is 0 Å². The normalized spacial score (nSPS) is 20.8. The van der Waals surface area contributed by atoms with Crippen LogP contribution in [0.2, 0.25) is 0 Å². The molecule has 7 heteroatoms. The number of carbonyl (C=O) groups is 1. The summed E-state index contributed by atoms with van der Waals surface area (Å²) in [4.78, 5) is 12.2. The fraction of sp³-hybridized carbons (Fsp3) is 0.500. The van der Waals surface area contributed by atoms with Crippen molar-refractivity contribution in [2.24, 2.45) is 5.73 Å². The van der Waals surface area contributed by atoms with Crippen LogP contribution in [0, 0.1) is 0 Å². The molecule has 1 atom stereocenters. The van der Waals surface area contributed by atoms with Gasteiger partial charge in [-0.15, -0.1) is 0 Å². The van der Waals surface area contributed by atoms with E-state index in [0.29, 0.717) is 30.8 Å². The fourth-order valence-electron chi connectivity index (χ4n) is 2.43. The minimum atomic E-state index is -3.35. The minimum absolute atomic E-state index is 0.0777. The van der Waals surface area contributed by atoms with Crippen molar-refractivity contribution in [2.45, 2.75) is 31.1 Å². The first-order valence-electron chi connectivity index (χ1n) is 6.87. The zero-order valence-corrected chi connectivity index (χ0v) is 12.8. The predicted octanol–water partition coefficient (Wildman–Crippen LogP) is 1.06. The minimum Gasteiger partial charge on any atom is -0.495 e. The van der Waals surface area contributed by atoms with Crippen LogP contribution in [0.15, 0.2) is 18.2 Å². The summed E-state index contributed by atoms with van der Waals surface area (Å²) in [7, 11) is -1.86. The summed E-state index contributed by atoms with van der Waals surface area (Å²) in [5.74, 6) is 0.0573. The molecule has 1 aliphatic heterocycles. The number of hydrogen-bond donors (Lipinski definition) is 2. The average Bonchev–Trinajstić information content (AvgIpc) is 2.47. The quantitative estimate of drug-likeness (QED) is 0.866. The molecule has 0 aromatic heterocycles. The van der Waals surface area contributed by atoms with Gasteiger partial charge < -0.3 is 15.8 Å². The van der Waals surface area contributed by atoms with Crippen molar-refractivity contribution in [3.63, 3.8) is 0 Å². The number of benzene rings is 1. The van der Waals surface area contributed by atoms with Crippen LogP contribution < -0.4 is 15.8 Å². The largest absolute Gasteiger partial charge is 0.495 e. The Labute approximate surface area is 124 Å². The maximum atomic E-state index is 12.2. The lowest BCUT2D eigenvalue weighted by molar-refractivity contribution is -0.116. The second kappa shape index (κ2) is 6.44. The highest BCUT2D eigenvalue weighted by atomic mass is 32.2. The monoisotopic (exact) mass is 312 g/mol. The molecule has 1 fully saturated rings. The van der Waals surface area contributed by atoms with E-state index in [1.807, 2.05) is 0 Å². The molecule has 2 rings (SSSR count). The number of amides is 1. The molecule has 1 aromatic carbocycles. The van der Waals surface area contributed by atoms with E-state index in [1.165, 1.54) is 7.11 Å². The molecule has 1 amide bonds. The number of rotatable bonds is 4. The van der Waals surface area contributed by atoms with Gasteiger partial charge in [-0.05, 0) is 30.5 Å². The first-order valence-corrected chi connectivity index (χ1v) is 8.59. The molecule has 0 radical (unpaired) electrons. The molecule has 0 bridgehead atoms.